The van der Waals surface area contributed by atoms with E-state index in [-0.39, 0.29) is 11.7 Å². The van der Waals surface area contributed by atoms with Crippen molar-refractivity contribution in [3.63, 3.8) is 0 Å². The van der Waals surface area contributed by atoms with Crippen LogP contribution >= 0.6 is 0 Å². The zero-order chi connectivity index (χ0) is 22.2. The molecule has 1 heterocycles. The molecule has 0 N–H and O–H groups in total. The average Bonchev–Trinajstić information content (AvgIpc) is 2.79. The summed E-state index contributed by atoms with van der Waals surface area (Å²) in [7, 11) is 1.62. The van der Waals surface area contributed by atoms with Crippen molar-refractivity contribution in [2.24, 2.45) is 0 Å². The number of piperazine rings is 1. The van der Waals surface area contributed by atoms with Crippen LogP contribution < -0.4 is 14.4 Å². The molecule has 1 amide bonds. The standard InChI is InChI=1S/C24H32FN3O3/c1-4-27(17-19-6-11-22(31-5-2)23(16-19)30-3)24(29)18-26-12-14-28(15-13-26)21-9-7-20(25)8-10-21/h6-11,16H,4-5,12-15,17-18H2,1-3H3. The van der Waals surface area contributed by atoms with E-state index in [1.807, 2.05) is 36.9 Å². The minimum atomic E-state index is -0.224. The van der Waals surface area contributed by atoms with Crippen LogP contribution in [0.2, 0.25) is 0 Å². The van der Waals surface area contributed by atoms with Gasteiger partial charge in [0.25, 0.3) is 0 Å². The van der Waals surface area contributed by atoms with Crippen molar-refractivity contribution in [1.82, 2.24) is 9.80 Å². The van der Waals surface area contributed by atoms with Gasteiger partial charge in [-0.15, -0.1) is 0 Å². The van der Waals surface area contributed by atoms with Crippen LogP contribution in [0.25, 0.3) is 0 Å². The molecule has 1 fully saturated rings. The van der Waals surface area contributed by atoms with Crippen LogP contribution in [-0.4, -0.2) is 68.7 Å². The van der Waals surface area contributed by atoms with Gasteiger partial charge in [-0.05, 0) is 55.8 Å². The third-order valence-electron chi connectivity index (χ3n) is 5.56. The molecular weight excluding hydrogens is 397 g/mol. The van der Waals surface area contributed by atoms with E-state index < -0.39 is 0 Å². The zero-order valence-corrected chi connectivity index (χ0v) is 18.6. The fourth-order valence-electron chi connectivity index (χ4n) is 3.79. The first-order valence-corrected chi connectivity index (χ1v) is 10.8. The molecule has 1 aliphatic rings. The van der Waals surface area contributed by atoms with E-state index in [9.17, 15) is 9.18 Å². The van der Waals surface area contributed by atoms with Crippen molar-refractivity contribution in [3.8, 4) is 11.5 Å². The van der Waals surface area contributed by atoms with Gasteiger partial charge in [-0.25, -0.2) is 4.39 Å². The molecule has 7 heteroatoms. The largest absolute Gasteiger partial charge is 0.493 e. The van der Waals surface area contributed by atoms with Crippen LogP contribution in [0.5, 0.6) is 11.5 Å². The smallest absolute Gasteiger partial charge is 0.237 e. The number of anilines is 1. The Bertz CT molecular complexity index is 852. The maximum absolute atomic E-state index is 13.1. The van der Waals surface area contributed by atoms with E-state index in [4.69, 9.17) is 9.47 Å². The Kier molecular flexibility index (Phi) is 8.12. The molecule has 0 unspecified atom stereocenters. The summed E-state index contributed by atoms with van der Waals surface area (Å²) in [6.45, 7) is 9.33. The fraction of sp³-hybridized carbons (Fsp3) is 0.458. The van der Waals surface area contributed by atoms with E-state index in [1.54, 1.807) is 19.2 Å². The molecule has 0 spiro atoms. The first-order chi connectivity index (χ1) is 15.0. The predicted octanol–water partition coefficient (Wildman–Crippen LogP) is 3.40. The Morgan fingerprint density at radius 2 is 1.74 bits per heavy atom. The van der Waals surface area contributed by atoms with E-state index in [0.717, 1.165) is 37.4 Å². The Morgan fingerprint density at radius 3 is 2.35 bits per heavy atom. The van der Waals surface area contributed by atoms with Crippen LogP contribution in [-0.2, 0) is 11.3 Å². The number of hydrogen-bond acceptors (Lipinski definition) is 5. The SMILES string of the molecule is CCOc1ccc(CN(CC)C(=O)CN2CCN(c3ccc(F)cc3)CC2)cc1OC. The highest BCUT2D eigenvalue weighted by Crippen LogP contribution is 2.28. The number of carbonyl (C=O) groups is 1. The van der Waals surface area contributed by atoms with Crippen molar-refractivity contribution in [2.45, 2.75) is 20.4 Å². The maximum atomic E-state index is 13.1. The van der Waals surface area contributed by atoms with E-state index >= 15 is 0 Å². The lowest BCUT2D eigenvalue weighted by Crippen LogP contribution is -2.50. The Morgan fingerprint density at radius 1 is 1.03 bits per heavy atom. The molecule has 0 radical (unpaired) electrons. The number of likely N-dealkylation sites (N-methyl/N-ethyl adjacent to an activating group) is 1. The molecule has 1 aliphatic heterocycles. The van der Waals surface area contributed by atoms with E-state index in [2.05, 4.69) is 9.80 Å². The highest BCUT2D eigenvalue weighted by molar-refractivity contribution is 5.78. The van der Waals surface area contributed by atoms with Crippen LogP contribution in [0.4, 0.5) is 10.1 Å². The Hall–Kier alpha value is -2.80. The van der Waals surface area contributed by atoms with Crippen LogP contribution in [0.15, 0.2) is 42.5 Å². The minimum Gasteiger partial charge on any atom is -0.493 e. The number of nitrogens with zero attached hydrogens (tertiary/aromatic N) is 3. The number of methoxy groups -OCH3 is 1. The first-order valence-electron chi connectivity index (χ1n) is 10.8. The van der Waals surface area contributed by atoms with Gasteiger partial charge in [-0.1, -0.05) is 6.07 Å². The zero-order valence-electron chi connectivity index (χ0n) is 18.6. The van der Waals surface area contributed by atoms with E-state index in [1.165, 1.54) is 12.1 Å². The van der Waals surface area contributed by atoms with Gasteiger partial charge >= 0.3 is 0 Å². The molecule has 2 aromatic carbocycles. The number of halogens is 1. The summed E-state index contributed by atoms with van der Waals surface area (Å²) in [5.41, 5.74) is 2.03. The molecule has 2 aromatic rings. The second-order valence-electron chi connectivity index (χ2n) is 7.57. The molecule has 0 bridgehead atoms. The second-order valence-corrected chi connectivity index (χ2v) is 7.57. The van der Waals surface area contributed by atoms with Gasteiger partial charge in [0.05, 0.1) is 20.3 Å². The van der Waals surface area contributed by atoms with Gasteiger partial charge in [-0.3, -0.25) is 9.69 Å². The molecule has 168 valence electrons. The van der Waals surface area contributed by atoms with Gasteiger partial charge in [0.1, 0.15) is 5.82 Å². The number of hydrogen-bond donors (Lipinski definition) is 0. The quantitative estimate of drug-likeness (QED) is 0.611. The number of rotatable bonds is 9. The van der Waals surface area contributed by atoms with Crippen LogP contribution in [0, 0.1) is 5.82 Å². The summed E-state index contributed by atoms with van der Waals surface area (Å²) in [6, 6.07) is 12.4. The molecule has 0 saturated carbocycles. The first kappa shape index (κ1) is 22.9. The van der Waals surface area contributed by atoms with Crippen LogP contribution in [0.3, 0.4) is 0 Å². The van der Waals surface area contributed by atoms with Crippen LogP contribution in [0.1, 0.15) is 19.4 Å². The topological polar surface area (TPSA) is 45.2 Å². The number of amides is 1. The molecule has 1 saturated heterocycles. The summed E-state index contributed by atoms with van der Waals surface area (Å²) < 4.78 is 24.1. The summed E-state index contributed by atoms with van der Waals surface area (Å²) in [5, 5.41) is 0. The van der Waals surface area contributed by atoms with Gasteiger partial charge in [-0.2, -0.15) is 0 Å². The van der Waals surface area contributed by atoms with Crippen molar-refractivity contribution in [3.05, 3.63) is 53.8 Å². The Balaban J connectivity index is 1.54. The van der Waals surface area contributed by atoms with Crippen molar-refractivity contribution < 1.29 is 18.7 Å². The molecule has 31 heavy (non-hydrogen) atoms. The number of carbonyl (C=O) groups excluding carboxylic acids is 1. The molecule has 0 aromatic heterocycles. The lowest BCUT2D eigenvalue weighted by molar-refractivity contribution is -0.132. The number of benzene rings is 2. The minimum absolute atomic E-state index is 0.116. The van der Waals surface area contributed by atoms with Crippen molar-refractivity contribution in [2.75, 3.05) is 57.9 Å². The monoisotopic (exact) mass is 429 g/mol. The summed E-state index contributed by atoms with van der Waals surface area (Å²) in [4.78, 5) is 19.2. The average molecular weight is 430 g/mol. The van der Waals surface area contributed by atoms with Crippen molar-refractivity contribution >= 4 is 11.6 Å². The van der Waals surface area contributed by atoms with Crippen molar-refractivity contribution in [1.29, 1.82) is 0 Å². The second kappa shape index (κ2) is 11.0. The van der Waals surface area contributed by atoms with Gasteiger partial charge in [0, 0.05) is 45.0 Å². The highest BCUT2D eigenvalue weighted by Gasteiger charge is 2.22. The predicted molar refractivity (Wildman–Crippen MR) is 120 cm³/mol. The van der Waals surface area contributed by atoms with Gasteiger partial charge in [0.2, 0.25) is 5.91 Å². The summed E-state index contributed by atoms with van der Waals surface area (Å²) >= 11 is 0. The fourth-order valence-corrected chi connectivity index (χ4v) is 3.79. The Labute approximate surface area is 184 Å². The molecule has 0 aliphatic carbocycles. The third kappa shape index (κ3) is 6.10. The molecular formula is C24H32FN3O3. The van der Waals surface area contributed by atoms with Gasteiger partial charge in [0.15, 0.2) is 11.5 Å². The van der Waals surface area contributed by atoms with Gasteiger partial charge < -0.3 is 19.3 Å². The normalized spacial score (nSPS) is 14.4. The third-order valence-corrected chi connectivity index (χ3v) is 5.56. The lowest BCUT2D eigenvalue weighted by atomic mass is 10.2. The molecule has 6 nitrogen and oxygen atoms in total. The molecule has 3 rings (SSSR count). The summed E-state index contributed by atoms with van der Waals surface area (Å²) in [6.07, 6.45) is 0. The lowest BCUT2D eigenvalue weighted by Gasteiger charge is -2.36. The highest BCUT2D eigenvalue weighted by atomic mass is 19.1. The maximum Gasteiger partial charge on any atom is 0.237 e. The molecule has 0 atom stereocenters. The number of ether oxygens (including phenoxy) is 2. The summed E-state index contributed by atoms with van der Waals surface area (Å²) in [5.74, 6) is 1.28. The van der Waals surface area contributed by atoms with E-state index in [0.29, 0.717) is 37.7 Å².